The first-order valence-corrected chi connectivity index (χ1v) is 9.51. The van der Waals surface area contributed by atoms with E-state index >= 15 is 0 Å². The Hall–Kier alpha value is -0.980. The van der Waals surface area contributed by atoms with Crippen molar-refractivity contribution < 1.29 is 8.42 Å². The SMILES string of the molecule is CS(=O)(=O)c1ccc(SCc2cccc(N)c2Br)cc1. The Morgan fingerprint density at radius 2 is 1.80 bits per heavy atom. The number of halogens is 1. The molecule has 106 valence electrons. The van der Waals surface area contributed by atoms with E-state index in [0.717, 1.165) is 26.4 Å². The number of benzene rings is 2. The van der Waals surface area contributed by atoms with E-state index < -0.39 is 9.84 Å². The fraction of sp³-hybridized carbons (Fsp3) is 0.143. The van der Waals surface area contributed by atoms with Crippen molar-refractivity contribution in [1.82, 2.24) is 0 Å². The number of nitrogens with two attached hydrogens (primary N) is 1. The van der Waals surface area contributed by atoms with Crippen LogP contribution in [0.3, 0.4) is 0 Å². The number of rotatable bonds is 4. The van der Waals surface area contributed by atoms with E-state index in [0.29, 0.717) is 4.90 Å². The third-order valence-corrected chi connectivity index (χ3v) is 5.91. The smallest absolute Gasteiger partial charge is 0.175 e. The summed E-state index contributed by atoms with van der Waals surface area (Å²) in [5.74, 6) is 0.768. The van der Waals surface area contributed by atoms with Crippen LogP contribution in [0.25, 0.3) is 0 Å². The number of anilines is 1. The molecule has 0 saturated carbocycles. The predicted octanol–water partition coefficient (Wildman–Crippen LogP) is 3.73. The van der Waals surface area contributed by atoms with Gasteiger partial charge in [-0.3, -0.25) is 0 Å². The second kappa shape index (κ2) is 6.20. The van der Waals surface area contributed by atoms with E-state index in [1.807, 2.05) is 30.3 Å². The van der Waals surface area contributed by atoms with Crippen molar-refractivity contribution in [2.24, 2.45) is 0 Å². The molecule has 0 radical (unpaired) electrons. The summed E-state index contributed by atoms with van der Waals surface area (Å²) in [6, 6.07) is 12.7. The average molecular weight is 372 g/mol. The summed E-state index contributed by atoms with van der Waals surface area (Å²) in [5.41, 5.74) is 7.67. The van der Waals surface area contributed by atoms with Crippen LogP contribution >= 0.6 is 27.7 Å². The molecule has 2 rings (SSSR count). The largest absolute Gasteiger partial charge is 0.398 e. The molecule has 0 bridgehead atoms. The monoisotopic (exact) mass is 371 g/mol. The van der Waals surface area contributed by atoms with E-state index in [4.69, 9.17) is 5.73 Å². The molecule has 2 N–H and O–H groups in total. The van der Waals surface area contributed by atoms with Crippen LogP contribution in [0.15, 0.2) is 56.7 Å². The Bertz CT molecular complexity index is 712. The summed E-state index contributed by atoms with van der Waals surface area (Å²) >= 11 is 5.11. The van der Waals surface area contributed by atoms with Gasteiger partial charge in [0.15, 0.2) is 9.84 Å². The summed E-state index contributed by atoms with van der Waals surface area (Å²) in [7, 11) is -3.13. The number of sulfone groups is 1. The van der Waals surface area contributed by atoms with Crippen molar-refractivity contribution in [3.8, 4) is 0 Å². The van der Waals surface area contributed by atoms with Gasteiger partial charge in [0.25, 0.3) is 0 Å². The Balaban J connectivity index is 2.10. The van der Waals surface area contributed by atoms with Crippen molar-refractivity contribution in [2.75, 3.05) is 12.0 Å². The molecular formula is C14H14BrNO2S2. The molecule has 0 amide bonds. The Morgan fingerprint density at radius 1 is 1.15 bits per heavy atom. The van der Waals surface area contributed by atoms with Crippen LogP contribution < -0.4 is 5.73 Å². The van der Waals surface area contributed by atoms with E-state index in [1.54, 1.807) is 23.9 Å². The molecule has 6 heteroatoms. The average Bonchev–Trinajstić information content (AvgIpc) is 2.40. The van der Waals surface area contributed by atoms with Gasteiger partial charge in [-0.05, 0) is 51.8 Å². The van der Waals surface area contributed by atoms with E-state index in [2.05, 4.69) is 15.9 Å². The van der Waals surface area contributed by atoms with Crippen LogP contribution in [0.1, 0.15) is 5.56 Å². The lowest BCUT2D eigenvalue weighted by atomic mass is 10.2. The number of hydrogen-bond acceptors (Lipinski definition) is 4. The molecule has 0 aromatic heterocycles. The fourth-order valence-electron chi connectivity index (χ4n) is 1.66. The molecule has 0 spiro atoms. The third-order valence-electron chi connectivity index (χ3n) is 2.75. The maximum Gasteiger partial charge on any atom is 0.175 e. The summed E-state index contributed by atoms with van der Waals surface area (Å²) in [5, 5.41) is 0. The topological polar surface area (TPSA) is 60.2 Å². The normalized spacial score (nSPS) is 11.5. The zero-order valence-electron chi connectivity index (χ0n) is 10.8. The minimum atomic E-state index is -3.13. The second-order valence-corrected chi connectivity index (χ2v) is 8.21. The highest BCUT2D eigenvalue weighted by atomic mass is 79.9. The lowest BCUT2D eigenvalue weighted by molar-refractivity contribution is 0.602. The zero-order valence-corrected chi connectivity index (χ0v) is 14.1. The minimum absolute atomic E-state index is 0.340. The van der Waals surface area contributed by atoms with Crippen LogP contribution in [0, 0.1) is 0 Å². The van der Waals surface area contributed by atoms with Crippen molar-refractivity contribution in [3.05, 3.63) is 52.5 Å². The van der Waals surface area contributed by atoms with Gasteiger partial charge in [0.05, 0.1) is 4.90 Å². The van der Waals surface area contributed by atoms with Gasteiger partial charge in [0.2, 0.25) is 0 Å². The van der Waals surface area contributed by atoms with Gasteiger partial charge < -0.3 is 5.73 Å². The van der Waals surface area contributed by atoms with Crippen molar-refractivity contribution in [1.29, 1.82) is 0 Å². The first kappa shape index (κ1) is 15.4. The third kappa shape index (κ3) is 3.77. The fourth-order valence-corrected chi connectivity index (χ4v) is 3.77. The summed E-state index contributed by atoms with van der Waals surface area (Å²) in [6.07, 6.45) is 1.21. The molecule has 3 nitrogen and oxygen atoms in total. The quantitative estimate of drug-likeness (QED) is 0.656. The molecule has 20 heavy (non-hydrogen) atoms. The Labute approximate surface area is 131 Å². The van der Waals surface area contributed by atoms with Crippen molar-refractivity contribution in [3.63, 3.8) is 0 Å². The maximum atomic E-state index is 11.4. The van der Waals surface area contributed by atoms with Crippen molar-refractivity contribution in [2.45, 2.75) is 15.5 Å². The summed E-state index contributed by atoms with van der Waals surface area (Å²) in [6.45, 7) is 0. The van der Waals surface area contributed by atoms with Gasteiger partial charge in [-0.15, -0.1) is 11.8 Å². The van der Waals surface area contributed by atoms with Gasteiger partial charge in [-0.2, -0.15) is 0 Å². The molecule has 0 aliphatic rings. The predicted molar refractivity (Wildman–Crippen MR) is 87.7 cm³/mol. The highest BCUT2D eigenvalue weighted by Gasteiger charge is 2.07. The Kier molecular flexibility index (Phi) is 4.78. The highest BCUT2D eigenvalue weighted by Crippen LogP contribution is 2.30. The summed E-state index contributed by atoms with van der Waals surface area (Å²) < 4.78 is 23.7. The van der Waals surface area contributed by atoms with Crippen LogP contribution in [0.4, 0.5) is 5.69 Å². The van der Waals surface area contributed by atoms with Crippen LogP contribution in [0.5, 0.6) is 0 Å². The highest BCUT2D eigenvalue weighted by molar-refractivity contribution is 9.10. The lowest BCUT2D eigenvalue weighted by Crippen LogP contribution is -1.96. The minimum Gasteiger partial charge on any atom is -0.398 e. The first-order valence-electron chi connectivity index (χ1n) is 5.84. The second-order valence-electron chi connectivity index (χ2n) is 4.35. The number of nitrogen functional groups attached to an aromatic ring is 1. The number of hydrogen-bond donors (Lipinski definition) is 1. The number of thioether (sulfide) groups is 1. The molecule has 0 saturated heterocycles. The molecule has 2 aromatic rings. The maximum absolute atomic E-state index is 11.4. The zero-order chi connectivity index (χ0) is 14.8. The molecule has 0 aliphatic carbocycles. The Morgan fingerprint density at radius 3 is 2.40 bits per heavy atom. The van der Waals surface area contributed by atoms with Crippen molar-refractivity contribution >= 4 is 43.2 Å². The lowest BCUT2D eigenvalue weighted by Gasteiger charge is -2.07. The van der Waals surface area contributed by atoms with Gasteiger partial charge in [0, 0.05) is 27.1 Å². The molecule has 0 fully saturated rings. The molecule has 0 unspecified atom stereocenters. The molecule has 2 aromatic carbocycles. The van der Waals surface area contributed by atoms with Crippen LogP contribution in [-0.4, -0.2) is 14.7 Å². The van der Waals surface area contributed by atoms with Crippen LogP contribution in [0.2, 0.25) is 0 Å². The van der Waals surface area contributed by atoms with Crippen LogP contribution in [-0.2, 0) is 15.6 Å². The van der Waals surface area contributed by atoms with E-state index in [9.17, 15) is 8.42 Å². The van der Waals surface area contributed by atoms with Gasteiger partial charge in [-0.25, -0.2) is 8.42 Å². The first-order chi connectivity index (χ1) is 9.38. The molecule has 0 aliphatic heterocycles. The van der Waals surface area contributed by atoms with Gasteiger partial charge >= 0.3 is 0 Å². The molecular weight excluding hydrogens is 358 g/mol. The summed E-state index contributed by atoms with van der Waals surface area (Å²) in [4.78, 5) is 1.36. The molecule has 0 heterocycles. The van der Waals surface area contributed by atoms with Gasteiger partial charge in [-0.1, -0.05) is 12.1 Å². The van der Waals surface area contributed by atoms with Gasteiger partial charge in [0.1, 0.15) is 0 Å². The molecule has 0 atom stereocenters. The standard InChI is InChI=1S/C14H14BrNO2S2/c1-20(17,18)12-7-5-11(6-8-12)19-9-10-3-2-4-13(16)14(10)15/h2-8H,9,16H2,1H3. The van der Waals surface area contributed by atoms with E-state index in [-0.39, 0.29) is 0 Å². The van der Waals surface area contributed by atoms with E-state index in [1.165, 1.54) is 6.26 Å².